The Hall–Kier alpha value is -2.41. The maximum atomic E-state index is 11.9. The predicted octanol–water partition coefficient (Wildman–Crippen LogP) is 2.33. The number of carbonyl (C=O) groups excluding carboxylic acids is 1. The van der Waals surface area contributed by atoms with E-state index in [-0.39, 0.29) is 5.56 Å². The highest BCUT2D eigenvalue weighted by Gasteiger charge is 2.20. The van der Waals surface area contributed by atoms with Crippen molar-refractivity contribution in [2.24, 2.45) is 0 Å². The Bertz CT molecular complexity index is 625. The van der Waals surface area contributed by atoms with Crippen LogP contribution in [0.5, 0.6) is 5.75 Å². The molecule has 0 unspecified atom stereocenters. The number of carbonyl (C=O) groups is 1. The number of nitrogens with one attached hydrogen (secondary N) is 1. The summed E-state index contributed by atoms with van der Waals surface area (Å²) < 4.78 is 0. The zero-order chi connectivity index (χ0) is 14.5. The average molecular weight is 292 g/mol. The molecule has 104 valence electrons. The highest BCUT2D eigenvalue weighted by Crippen LogP contribution is 2.29. The lowest BCUT2D eigenvalue weighted by Gasteiger charge is -2.06. The summed E-state index contributed by atoms with van der Waals surface area (Å²) >= 11 is 1.59. The van der Waals surface area contributed by atoms with E-state index in [1.807, 2.05) is 17.5 Å². The van der Waals surface area contributed by atoms with Gasteiger partial charge in [-0.3, -0.25) is 14.9 Å². The van der Waals surface area contributed by atoms with Crippen LogP contribution in [0.2, 0.25) is 0 Å². The molecule has 0 aliphatic rings. The van der Waals surface area contributed by atoms with Crippen molar-refractivity contribution >= 4 is 22.9 Å². The van der Waals surface area contributed by atoms with Crippen LogP contribution < -0.4 is 5.32 Å². The Morgan fingerprint density at radius 3 is 2.80 bits per heavy atom. The molecule has 0 saturated carbocycles. The molecule has 1 aromatic carbocycles. The molecule has 0 atom stereocenters. The smallest absolute Gasteiger partial charge is 0.311 e. The molecule has 0 aliphatic carbocycles. The number of amides is 1. The number of hydrogen-bond donors (Lipinski definition) is 2. The number of phenols is 1. The van der Waals surface area contributed by atoms with Crippen LogP contribution >= 0.6 is 11.3 Å². The van der Waals surface area contributed by atoms with Crippen LogP contribution in [-0.2, 0) is 6.42 Å². The molecule has 0 radical (unpaired) electrons. The van der Waals surface area contributed by atoms with E-state index in [0.717, 1.165) is 10.9 Å². The Labute approximate surface area is 118 Å². The highest BCUT2D eigenvalue weighted by atomic mass is 32.1. The van der Waals surface area contributed by atoms with Gasteiger partial charge >= 0.3 is 5.69 Å². The third-order valence-corrected chi connectivity index (χ3v) is 3.63. The largest absolute Gasteiger partial charge is 0.502 e. The lowest BCUT2D eigenvalue weighted by Crippen LogP contribution is -2.25. The van der Waals surface area contributed by atoms with E-state index in [0.29, 0.717) is 13.0 Å². The molecule has 0 fully saturated rings. The van der Waals surface area contributed by atoms with E-state index in [1.54, 1.807) is 11.3 Å². The first-order valence-electron chi connectivity index (χ1n) is 5.86. The number of phenolic OH excluding ortho intramolecular Hbond substituents is 1. The first kappa shape index (κ1) is 14.0. The summed E-state index contributed by atoms with van der Waals surface area (Å²) in [7, 11) is 0. The Kier molecular flexibility index (Phi) is 4.31. The fourth-order valence-corrected chi connectivity index (χ4v) is 2.42. The number of thiophene rings is 1. The first-order chi connectivity index (χ1) is 9.59. The number of aromatic hydroxyl groups is 1. The van der Waals surface area contributed by atoms with Gasteiger partial charge in [0, 0.05) is 17.5 Å². The standard InChI is InChI=1S/C13H12N2O4S/c16-12-10(4-1-5-11(12)15(18)19)13(17)14-7-6-9-3-2-8-20-9/h1-5,8,16H,6-7H2,(H,14,17). The molecule has 0 spiro atoms. The molecule has 20 heavy (non-hydrogen) atoms. The molecule has 1 amide bonds. The van der Waals surface area contributed by atoms with E-state index in [2.05, 4.69) is 5.32 Å². The Balaban J connectivity index is 2.02. The maximum absolute atomic E-state index is 11.9. The number of hydrogen-bond acceptors (Lipinski definition) is 5. The van der Waals surface area contributed by atoms with Crippen molar-refractivity contribution in [2.45, 2.75) is 6.42 Å². The van der Waals surface area contributed by atoms with Gasteiger partial charge in [0.05, 0.1) is 10.5 Å². The SMILES string of the molecule is O=C(NCCc1cccs1)c1cccc([N+](=O)[O-])c1O. The van der Waals surface area contributed by atoms with Crippen LogP contribution in [0.3, 0.4) is 0 Å². The third-order valence-electron chi connectivity index (χ3n) is 2.69. The number of nitro benzene ring substituents is 1. The van der Waals surface area contributed by atoms with Crippen LogP contribution in [0.15, 0.2) is 35.7 Å². The predicted molar refractivity (Wildman–Crippen MR) is 75.1 cm³/mol. The molecular weight excluding hydrogens is 280 g/mol. The number of para-hydroxylation sites is 1. The zero-order valence-corrected chi connectivity index (χ0v) is 11.2. The van der Waals surface area contributed by atoms with Gasteiger partial charge in [-0.2, -0.15) is 0 Å². The minimum atomic E-state index is -0.724. The van der Waals surface area contributed by atoms with Crippen molar-refractivity contribution in [1.29, 1.82) is 0 Å². The summed E-state index contributed by atoms with van der Waals surface area (Å²) in [6.07, 6.45) is 0.680. The summed E-state index contributed by atoms with van der Waals surface area (Å²) in [5.74, 6) is -1.13. The molecule has 1 aromatic heterocycles. The Morgan fingerprint density at radius 2 is 2.15 bits per heavy atom. The highest BCUT2D eigenvalue weighted by molar-refractivity contribution is 7.09. The number of rotatable bonds is 5. The van der Waals surface area contributed by atoms with E-state index in [1.165, 1.54) is 12.1 Å². The van der Waals surface area contributed by atoms with E-state index in [9.17, 15) is 20.0 Å². The molecule has 0 bridgehead atoms. The van der Waals surface area contributed by atoms with Crippen molar-refractivity contribution < 1.29 is 14.8 Å². The fraction of sp³-hybridized carbons (Fsp3) is 0.154. The quantitative estimate of drug-likeness (QED) is 0.653. The molecule has 2 aromatic rings. The second-order valence-electron chi connectivity index (χ2n) is 4.02. The summed E-state index contributed by atoms with van der Waals surface area (Å²) in [5.41, 5.74) is -0.568. The van der Waals surface area contributed by atoms with E-state index in [4.69, 9.17) is 0 Å². The first-order valence-corrected chi connectivity index (χ1v) is 6.74. The van der Waals surface area contributed by atoms with E-state index >= 15 is 0 Å². The monoisotopic (exact) mass is 292 g/mol. The molecule has 0 saturated heterocycles. The summed E-state index contributed by atoms with van der Waals surface area (Å²) in [6.45, 7) is 0.404. The van der Waals surface area contributed by atoms with Gasteiger partial charge < -0.3 is 10.4 Å². The van der Waals surface area contributed by atoms with Gasteiger partial charge in [-0.05, 0) is 23.9 Å². The lowest BCUT2D eigenvalue weighted by atomic mass is 10.1. The van der Waals surface area contributed by atoms with Gasteiger partial charge in [-0.25, -0.2) is 0 Å². The van der Waals surface area contributed by atoms with Crippen molar-refractivity contribution in [1.82, 2.24) is 5.32 Å². The van der Waals surface area contributed by atoms with Crippen molar-refractivity contribution in [3.8, 4) is 5.75 Å². The summed E-state index contributed by atoms with van der Waals surface area (Å²) in [6, 6.07) is 7.75. The number of nitrogens with zero attached hydrogens (tertiary/aromatic N) is 1. The number of benzene rings is 1. The second-order valence-corrected chi connectivity index (χ2v) is 5.05. The van der Waals surface area contributed by atoms with Crippen LogP contribution in [-0.4, -0.2) is 22.5 Å². The van der Waals surface area contributed by atoms with Gasteiger partial charge in [0.2, 0.25) is 5.75 Å². The minimum Gasteiger partial charge on any atom is -0.502 e. The van der Waals surface area contributed by atoms with Crippen molar-refractivity contribution in [3.63, 3.8) is 0 Å². The second kappa shape index (κ2) is 6.16. The van der Waals surface area contributed by atoms with E-state index < -0.39 is 22.3 Å². The Morgan fingerprint density at radius 1 is 1.35 bits per heavy atom. The van der Waals surface area contributed by atoms with Crippen molar-refractivity contribution in [2.75, 3.05) is 6.54 Å². The molecule has 1 heterocycles. The van der Waals surface area contributed by atoms with Crippen LogP contribution in [0.4, 0.5) is 5.69 Å². The van der Waals surface area contributed by atoms with Crippen LogP contribution in [0.1, 0.15) is 15.2 Å². The molecular formula is C13H12N2O4S. The van der Waals surface area contributed by atoms with Crippen LogP contribution in [0, 0.1) is 10.1 Å². The van der Waals surface area contributed by atoms with Gasteiger partial charge in [-0.1, -0.05) is 12.1 Å². The summed E-state index contributed by atoms with van der Waals surface area (Å²) in [4.78, 5) is 23.0. The molecule has 2 N–H and O–H groups in total. The minimum absolute atomic E-state index is 0.0922. The number of nitro groups is 1. The maximum Gasteiger partial charge on any atom is 0.311 e. The van der Waals surface area contributed by atoms with Gasteiger partial charge in [0.15, 0.2) is 0 Å². The molecule has 0 aliphatic heterocycles. The average Bonchev–Trinajstić information content (AvgIpc) is 2.91. The lowest BCUT2D eigenvalue weighted by molar-refractivity contribution is -0.385. The molecule has 2 rings (SSSR count). The molecule has 7 heteroatoms. The van der Waals surface area contributed by atoms with Gasteiger partial charge in [0.25, 0.3) is 5.91 Å². The summed E-state index contributed by atoms with van der Waals surface area (Å²) in [5, 5.41) is 25.0. The van der Waals surface area contributed by atoms with Gasteiger partial charge in [0.1, 0.15) is 0 Å². The van der Waals surface area contributed by atoms with Gasteiger partial charge in [-0.15, -0.1) is 11.3 Å². The van der Waals surface area contributed by atoms with Crippen LogP contribution in [0.25, 0.3) is 0 Å². The zero-order valence-electron chi connectivity index (χ0n) is 10.4. The topological polar surface area (TPSA) is 92.5 Å². The fourth-order valence-electron chi connectivity index (χ4n) is 1.71. The third kappa shape index (κ3) is 3.12. The molecule has 6 nitrogen and oxygen atoms in total. The van der Waals surface area contributed by atoms with Crippen molar-refractivity contribution in [3.05, 3.63) is 56.3 Å². The normalized spacial score (nSPS) is 10.2.